The topological polar surface area (TPSA) is 84.1 Å². The zero-order valence-corrected chi connectivity index (χ0v) is 12.2. The van der Waals surface area contributed by atoms with Crippen LogP contribution in [0.25, 0.3) is 0 Å². The molecule has 2 rings (SSSR count). The molecule has 1 aromatic rings. The number of nitrogens with one attached hydrogen (secondary N) is 1. The van der Waals surface area contributed by atoms with Gasteiger partial charge in [-0.3, -0.25) is 4.79 Å². The van der Waals surface area contributed by atoms with Crippen molar-refractivity contribution in [3.05, 3.63) is 11.9 Å². The summed E-state index contributed by atoms with van der Waals surface area (Å²) in [6.45, 7) is 6.46. The highest BCUT2D eigenvalue weighted by molar-refractivity contribution is 5.78. The van der Waals surface area contributed by atoms with E-state index in [1.165, 1.54) is 0 Å². The summed E-state index contributed by atoms with van der Waals surface area (Å²) in [5, 5.41) is 3.23. The molecule has 0 spiro atoms. The van der Waals surface area contributed by atoms with Crippen LogP contribution >= 0.6 is 0 Å². The summed E-state index contributed by atoms with van der Waals surface area (Å²) in [7, 11) is 0. The number of aromatic nitrogens is 2. The highest BCUT2D eigenvalue weighted by Gasteiger charge is 2.27. The number of primary amides is 1. The van der Waals surface area contributed by atoms with Crippen LogP contribution in [0.2, 0.25) is 0 Å². The Balaban J connectivity index is 2.19. The molecule has 110 valence electrons. The molecule has 1 fully saturated rings. The molecule has 0 saturated carbocycles. The van der Waals surface area contributed by atoms with E-state index in [1.807, 2.05) is 13.0 Å². The molecule has 1 unspecified atom stereocenters. The molecule has 1 atom stereocenters. The number of aryl methyl sites for hydroxylation is 1. The fraction of sp³-hybridized carbons (Fsp3) is 0.643. The first-order chi connectivity index (χ1) is 9.63. The molecule has 0 bridgehead atoms. The highest BCUT2D eigenvalue weighted by Crippen LogP contribution is 2.24. The van der Waals surface area contributed by atoms with Crippen molar-refractivity contribution in [2.75, 3.05) is 29.9 Å². The van der Waals surface area contributed by atoms with Crippen LogP contribution < -0.4 is 16.0 Å². The van der Waals surface area contributed by atoms with Crippen molar-refractivity contribution in [1.82, 2.24) is 9.97 Å². The standard InChI is InChI=1S/C14H23N5O/c1-3-5-11-17-12(16-4-2)8-13(18-11)19-7-6-10(9-19)14(15)20/h8,10H,3-7,9H2,1-2H3,(H2,15,20)(H,16,17,18). The Morgan fingerprint density at radius 2 is 2.30 bits per heavy atom. The zero-order valence-electron chi connectivity index (χ0n) is 12.2. The third kappa shape index (κ3) is 3.37. The van der Waals surface area contributed by atoms with Crippen LogP contribution in [0.15, 0.2) is 6.07 Å². The number of nitrogens with two attached hydrogens (primary N) is 1. The number of nitrogens with zero attached hydrogens (tertiary/aromatic N) is 3. The summed E-state index contributed by atoms with van der Waals surface area (Å²) < 4.78 is 0. The summed E-state index contributed by atoms with van der Waals surface area (Å²) in [5.41, 5.74) is 5.38. The molecule has 6 heteroatoms. The Labute approximate surface area is 119 Å². The van der Waals surface area contributed by atoms with Crippen molar-refractivity contribution in [2.24, 2.45) is 11.7 Å². The van der Waals surface area contributed by atoms with E-state index in [0.717, 1.165) is 49.8 Å². The van der Waals surface area contributed by atoms with Crippen LogP contribution in [-0.4, -0.2) is 35.5 Å². The number of hydrogen-bond acceptors (Lipinski definition) is 5. The second-order valence-electron chi connectivity index (χ2n) is 5.14. The maximum atomic E-state index is 11.3. The lowest BCUT2D eigenvalue weighted by Crippen LogP contribution is -2.28. The molecule has 1 saturated heterocycles. The Kier molecular flexibility index (Phi) is 4.76. The van der Waals surface area contributed by atoms with Crippen LogP contribution in [0.4, 0.5) is 11.6 Å². The van der Waals surface area contributed by atoms with Gasteiger partial charge in [-0.05, 0) is 19.8 Å². The Morgan fingerprint density at radius 3 is 2.90 bits per heavy atom. The quantitative estimate of drug-likeness (QED) is 0.815. The average molecular weight is 277 g/mol. The fourth-order valence-corrected chi connectivity index (χ4v) is 2.45. The second-order valence-corrected chi connectivity index (χ2v) is 5.14. The molecule has 1 amide bonds. The van der Waals surface area contributed by atoms with Crippen LogP contribution in [0, 0.1) is 5.92 Å². The smallest absolute Gasteiger partial charge is 0.222 e. The lowest BCUT2D eigenvalue weighted by Gasteiger charge is -2.18. The molecule has 0 aliphatic carbocycles. The molecule has 0 aromatic carbocycles. The third-order valence-electron chi connectivity index (χ3n) is 3.51. The Morgan fingerprint density at radius 1 is 1.50 bits per heavy atom. The van der Waals surface area contributed by atoms with Crippen molar-refractivity contribution in [3.63, 3.8) is 0 Å². The summed E-state index contributed by atoms with van der Waals surface area (Å²) >= 11 is 0. The summed E-state index contributed by atoms with van der Waals surface area (Å²) in [6.07, 6.45) is 2.68. The van der Waals surface area contributed by atoms with Crippen LogP contribution in [0.5, 0.6) is 0 Å². The maximum absolute atomic E-state index is 11.3. The first kappa shape index (κ1) is 14.6. The van der Waals surface area contributed by atoms with Gasteiger partial charge in [0, 0.05) is 32.1 Å². The van der Waals surface area contributed by atoms with E-state index in [-0.39, 0.29) is 11.8 Å². The van der Waals surface area contributed by atoms with Gasteiger partial charge in [-0.25, -0.2) is 9.97 Å². The minimum absolute atomic E-state index is 0.0674. The Hall–Kier alpha value is -1.85. The van der Waals surface area contributed by atoms with Crippen molar-refractivity contribution < 1.29 is 4.79 Å². The van der Waals surface area contributed by atoms with Crippen molar-refractivity contribution in [3.8, 4) is 0 Å². The van der Waals surface area contributed by atoms with E-state index in [4.69, 9.17) is 5.73 Å². The molecule has 1 aliphatic rings. The van der Waals surface area contributed by atoms with Gasteiger partial charge in [-0.15, -0.1) is 0 Å². The first-order valence-corrected chi connectivity index (χ1v) is 7.30. The van der Waals surface area contributed by atoms with E-state index in [2.05, 4.69) is 27.1 Å². The molecule has 6 nitrogen and oxygen atoms in total. The van der Waals surface area contributed by atoms with Crippen LogP contribution in [-0.2, 0) is 11.2 Å². The van der Waals surface area contributed by atoms with Gasteiger partial charge in [-0.1, -0.05) is 6.92 Å². The number of carbonyl (C=O) groups excluding carboxylic acids is 1. The fourth-order valence-electron chi connectivity index (χ4n) is 2.45. The minimum Gasteiger partial charge on any atom is -0.370 e. The summed E-state index contributed by atoms with van der Waals surface area (Å²) in [4.78, 5) is 22.5. The zero-order chi connectivity index (χ0) is 14.5. The third-order valence-corrected chi connectivity index (χ3v) is 3.51. The van der Waals surface area contributed by atoms with Crippen LogP contribution in [0.1, 0.15) is 32.5 Å². The van der Waals surface area contributed by atoms with E-state index in [0.29, 0.717) is 6.54 Å². The minimum atomic E-state index is -0.220. The second kappa shape index (κ2) is 6.54. The number of hydrogen-bond donors (Lipinski definition) is 2. The summed E-state index contributed by atoms with van der Waals surface area (Å²) in [6, 6.07) is 1.95. The lowest BCUT2D eigenvalue weighted by molar-refractivity contribution is -0.121. The SMILES string of the molecule is CCCc1nc(NCC)cc(N2CCC(C(N)=O)C2)n1. The monoisotopic (exact) mass is 277 g/mol. The summed E-state index contributed by atoms with van der Waals surface area (Å²) in [5.74, 6) is 2.31. The maximum Gasteiger partial charge on any atom is 0.222 e. The van der Waals surface area contributed by atoms with Crippen molar-refractivity contribution >= 4 is 17.5 Å². The number of amides is 1. The first-order valence-electron chi connectivity index (χ1n) is 7.30. The van der Waals surface area contributed by atoms with E-state index in [9.17, 15) is 4.79 Å². The molecule has 20 heavy (non-hydrogen) atoms. The van der Waals surface area contributed by atoms with E-state index in [1.54, 1.807) is 0 Å². The van der Waals surface area contributed by atoms with Crippen molar-refractivity contribution in [1.29, 1.82) is 0 Å². The Bertz CT molecular complexity index is 452. The highest BCUT2D eigenvalue weighted by atomic mass is 16.1. The van der Waals surface area contributed by atoms with Gasteiger partial charge in [0.1, 0.15) is 17.5 Å². The van der Waals surface area contributed by atoms with Gasteiger partial charge in [-0.2, -0.15) is 0 Å². The van der Waals surface area contributed by atoms with Crippen molar-refractivity contribution in [2.45, 2.75) is 33.1 Å². The lowest BCUT2D eigenvalue weighted by atomic mass is 10.1. The molecular formula is C14H23N5O. The van der Waals surface area contributed by atoms with Gasteiger partial charge in [0.2, 0.25) is 5.91 Å². The molecule has 0 radical (unpaired) electrons. The largest absolute Gasteiger partial charge is 0.370 e. The van der Waals surface area contributed by atoms with E-state index < -0.39 is 0 Å². The van der Waals surface area contributed by atoms with Gasteiger partial charge < -0.3 is 16.0 Å². The molecule has 2 heterocycles. The molecular weight excluding hydrogens is 254 g/mol. The number of anilines is 2. The average Bonchev–Trinajstić information content (AvgIpc) is 2.89. The van der Waals surface area contributed by atoms with Gasteiger partial charge in [0.05, 0.1) is 5.92 Å². The number of rotatable bonds is 6. The van der Waals surface area contributed by atoms with E-state index >= 15 is 0 Å². The number of carbonyl (C=O) groups is 1. The van der Waals surface area contributed by atoms with Gasteiger partial charge >= 0.3 is 0 Å². The molecule has 1 aliphatic heterocycles. The predicted octanol–water partition coefficient (Wildman–Crippen LogP) is 1.17. The normalized spacial score (nSPS) is 18.3. The van der Waals surface area contributed by atoms with Gasteiger partial charge in [0.15, 0.2) is 0 Å². The predicted molar refractivity (Wildman–Crippen MR) is 79.7 cm³/mol. The van der Waals surface area contributed by atoms with Crippen LogP contribution in [0.3, 0.4) is 0 Å². The molecule has 1 aromatic heterocycles. The molecule has 3 N–H and O–H groups in total. The van der Waals surface area contributed by atoms with Gasteiger partial charge in [0.25, 0.3) is 0 Å².